The molecule has 0 spiro atoms. The summed E-state index contributed by atoms with van der Waals surface area (Å²) in [5.74, 6) is 0.558. The van der Waals surface area contributed by atoms with E-state index in [1.165, 1.54) is 32.1 Å². The second kappa shape index (κ2) is 13.3. The molecule has 5 rings (SSSR count). The summed E-state index contributed by atoms with van der Waals surface area (Å²) in [4.78, 5) is 18.8. The third-order valence-electron chi connectivity index (χ3n) is 8.23. The normalized spacial score (nSPS) is 25.3. The first kappa shape index (κ1) is 29.7. The molecule has 0 bridgehead atoms. The largest absolute Gasteiger partial charge is 0.497 e. The van der Waals surface area contributed by atoms with Gasteiger partial charge in [0.1, 0.15) is 11.2 Å². The van der Waals surface area contributed by atoms with E-state index in [4.69, 9.17) is 14.2 Å². The van der Waals surface area contributed by atoms with Crippen LogP contribution in [0.1, 0.15) is 55.9 Å². The van der Waals surface area contributed by atoms with Gasteiger partial charge in [-0.3, -0.25) is 14.6 Å². The SMILES string of the molecule is COc1ccc(C2(C(=O)OC(c3ccccc3)N3CCN(C4CCCCC4)CC3)CC2OC)cc1.Cl.Cl. The lowest BCUT2D eigenvalue weighted by Gasteiger charge is -2.43. The first-order valence-corrected chi connectivity index (χ1v) is 13.1. The quantitative estimate of drug-likeness (QED) is 0.411. The van der Waals surface area contributed by atoms with E-state index >= 15 is 0 Å². The van der Waals surface area contributed by atoms with Crippen LogP contribution in [0.5, 0.6) is 5.75 Å². The van der Waals surface area contributed by atoms with Crippen molar-refractivity contribution in [3.05, 3.63) is 65.7 Å². The molecule has 204 valence electrons. The highest BCUT2D eigenvalue weighted by atomic mass is 35.5. The maximum Gasteiger partial charge on any atom is 0.321 e. The van der Waals surface area contributed by atoms with E-state index in [-0.39, 0.29) is 36.9 Å². The van der Waals surface area contributed by atoms with E-state index in [2.05, 4.69) is 21.9 Å². The number of rotatable bonds is 8. The lowest BCUT2D eigenvalue weighted by molar-refractivity contribution is -0.167. The van der Waals surface area contributed by atoms with Crippen LogP contribution in [0.2, 0.25) is 0 Å². The zero-order chi connectivity index (χ0) is 24.3. The minimum Gasteiger partial charge on any atom is -0.497 e. The van der Waals surface area contributed by atoms with Crippen molar-refractivity contribution in [2.24, 2.45) is 0 Å². The molecule has 3 fully saturated rings. The Morgan fingerprint density at radius 2 is 1.54 bits per heavy atom. The molecule has 1 saturated heterocycles. The van der Waals surface area contributed by atoms with Gasteiger partial charge in [0.2, 0.25) is 0 Å². The molecule has 1 aliphatic heterocycles. The van der Waals surface area contributed by atoms with Crippen LogP contribution >= 0.6 is 24.8 Å². The Hall–Kier alpha value is -1.83. The highest BCUT2D eigenvalue weighted by Crippen LogP contribution is 2.52. The van der Waals surface area contributed by atoms with Crippen LogP contribution in [0.4, 0.5) is 0 Å². The first-order chi connectivity index (χ1) is 17.2. The summed E-state index contributed by atoms with van der Waals surface area (Å²) in [5, 5.41) is 0. The van der Waals surface area contributed by atoms with Crippen molar-refractivity contribution in [2.45, 2.75) is 62.3 Å². The van der Waals surface area contributed by atoms with Crippen molar-refractivity contribution in [1.82, 2.24) is 9.80 Å². The van der Waals surface area contributed by atoms with E-state index < -0.39 is 11.6 Å². The predicted molar refractivity (Wildman–Crippen MR) is 150 cm³/mol. The van der Waals surface area contributed by atoms with E-state index in [9.17, 15) is 4.79 Å². The molecular weight excluding hydrogens is 511 g/mol. The zero-order valence-corrected chi connectivity index (χ0v) is 23.5. The standard InChI is InChI=1S/C29H38N2O4.2ClH/c1-33-25-15-13-23(14-16-25)29(21-26(29)34-2)28(32)35-27(22-9-5-3-6-10-22)31-19-17-30(18-20-31)24-11-7-4-8-12-24;;/h3,5-6,9-10,13-16,24,26-27H,4,7-8,11-12,17-21H2,1-2H3;2*1H. The summed E-state index contributed by atoms with van der Waals surface area (Å²) in [6.45, 7) is 3.84. The van der Waals surface area contributed by atoms with E-state index in [1.54, 1.807) is 14.2 Å². The summed E-state index contributed by atoms with van der Waals surface area (Å²) >= 11 is 0. The van der Waals surface area contributed by atoms with E-state index in [0.717, 1.165) is 49.1 Å². The molecule has 2 saturated carbocycles. The fraction of sp³-hybridized carbons (Fsp3) is 0.552. The molecule has 3 atom stereocenters. The van der Waals surface area contributed by atoms with Gasteiger partial charge in [0.05, 0.1) is 13.2 Å². The number of ether oxygens (including phenoxy) is 3. The van der Waals surface area contributed by atoms with Crippen molar-refractivity contribution >= 4 is 30.8 Å². The summed E-state index contributed by atoms with van der Waals surface area (Å²) < 4.78 is 17.4. The van der Waals surface area contributed by atoms with Gasteiger partial charge in [-0.2, -0.15) is 0 Å². The Balaban J connectivity index is 0.00000190. The molecule has 2 aromatic carbocycles. The zero-order valence-electron chi connectivity index (χ0n) is 21.8. The van der Waals surface area contributed by atoms with Gasteiger partial charge in [-0.25, -0.2) is 0 Å². The third-order valence-corrected chi connectivity index (χ3v) is 8.23. The van der Waals surface area contributed by atoms with Gasteiger partial charge >= 0.3 is 5.97 Å². The van der Waals surface area contributed by atoms with Gasteiger partial charge in [0.25, 0.3) is 0 Å². The predicted octanol–water partition coefficient (Wildman–Crippen LogP) is 5.39. The van der Waals surface area contributed by atoms with Crippen molar-refractivity contribution < 1.29 is 19.0 Å². The lowest BCUT2D eigenvalue weighted by Crippen LogP contribution is -2.52. The Bertz CT molecular complexity index is 979. The summed E-state index contributed by atoms with van der Waals surface area (Å²) in [5.41, 5.74) is 1.17. The van der Waals surface area contributed by atoms with Crippen molar-refractivity contribution in [2.75, 3.05) is 40.4 Å². The number of hydrogen-bond donors (Lipinski definition) is 0. The molecule has 8 heteroatoms. The fourth-order valence-corrected chi connectivity index (χ4v) is 6.00. The molecule has 0 radical (unpaired) electrons. The van der Waals surface area contributed by atoms with Crippen molar-refractivity contribution in [3.8, 4) is 5.75 Å². The molecule has 3 unspecified atom stereocenters. The second-order valence-corrected chi connectivity index (χ2v) is 10.2. The average molecular weight is 552 g/mol. The molecule has 0 N–H and O–H groups in total. The molecule has 3 aliphatic rings. The number of esters is 1. The van der Waals surface area contributed by atoms with Crippen molar-refractivity contribution in [1.29, 1.82) is 0 Å². The molecule has 2 aliphatic carbocycles. The lowest BCUT2D eigenvalue weighted by atomic mass is 9.93. The first-order valence-electron chi connectivity index (χ1n) is 13.1. The number of carbonyl (C=O) groups is 1. The highest BCUT2D eigenvalue weighted by molar-refractivity contribution is 5.88. The Morgan fingerprint density at radius 3 is 2.11 bits per heavy atom. The molecule has 6 nitrogen and oxygen atoms in total. The number of nitrogens with zero attached hydrogens (tertiary/aromatic N) is 2. The number of hydrogen-bond acceptors (Lipinski definition) is 6. The van der Waals surface area contributed by atoms with Gasteiger partial charge < -0.3 is 14.2 Å². The number of benzene rings is 2. The Morgan fingerprint density at radius 1 is 0.892 bits per heavy atom. The number of carbonyl (C=O) groups excluding carboxylic acids is 1. The second-order valence-electron chi connectivity index (χ2n) is 10.2. The maximum absolute atomic E-state index is 13.8. The Kier molecular flexibility index (Phi) is 10.7. The fourth-order valence-electron chi connectivity index (χ4n) is 6.00. The van der Waals surface area contributed by atoms with Crippen LogP contribution in [0.3, 0.4) is 0 Å². The van der Waals surface area contributed by atoms with Crippen LogP contribution in [0, 0.1) is 0 Å². The molecular formula is C29H40Cl2N2O4. The minimum atomic E-state index is -0.766. The van der Waals surface area contributed by atoms with Crippen LogP contribution in [-0.4, -0.2) is 68.3 Å². The minimum absolute atomic E-state index is 0. The van der Waals surface area contributed by atoms with Crippen LogP contribution < -0.4 is 4.74 Å². The smallest absolute Gasteiger partial charge is 0.321 e. The molecule has 2 aromatic rings. The van der Waals surface area contributed by atoms with E-state index in [0.29, 0.717) is 6.42 Å². The van der Waals surface area contributed by atoms with E-state index in [1.807, 2.05) is 42.5 Å². The molecule has 1 heterocycles. The molecule has 0 amide bonds. The summed E-state index contributed by atoms with van der Waals surface area (Å²) in [6, 6.07) is 18.6. The maximum atomic E-state index is 13.8. The van der Waals surface area contributed by atoms with Crippen LogP contribution in [0.15, 0.2) is 54.6 Å². The van der Waals surface area contributed by atoms with Crippen molar-refractivity contribution in [3.63, 3.8) is 0 Å². The molecule has 0 aromatic heterocycles. The topological polar surface area (TPSA) is 51.2 Å². The van der Waals surface area contributed by atoms with Crippen LogP contribution in [-0.2, 0) is 19.7 Å². The van der Waals surface area contributed by atoms with Gasteiger partial charge in [-0.1, -0.05) is 61.7 Å². The number of piperazine rings is 1. The van der Waals surface area contributed by atoms with Crippen LogP contribution in [0.25, 0.3) is 0 Å². The third kappa shape index (κ3) is 6.26. The van der Waals surface area contributed by atoms with Gasteiger partial charge in [0.15, 0.2) is 6.23 Å². The monoisotopic (exact) mass is 550 g/mol. The number of methoxy groups -OCH3 is 2. The number of halogens is 2. The average Bonchev–Trinajstić information content (AvgIpc) is 3.69. The highest BCUT2D eigenvalue weighted by Gasteiger charge is 2.64. The Labute approximate surface area is 233 Å². The summed E-state index contributed by atoms with van der Waals surface area (Å²) in [6.07, 6.45) is 6.77. The summed E-state index contributed by atoms with van der Waals surface area (Å²) in [7, 11) is 3.31. The van der Waals surface area contributed by atoms with Gasteiger partial charge in [-0.15, -0.1) is 24.8 Å². The van der Waals surface area contributed by atoms with Gasteiger partial charge in [0, 0.05) is 44.9 Å². The van der Waals surface area contributed by atoms with Gasteiger partial charge in [-0.05, 0) is 37.0 Å². The molecule has 37 heavy (non-hydrogen) atoms.